The molecule has 3 aromatic heterocycles. The Balaban J connectivity index is 1.58. The molecule has 0 unspecified atom stereocenters. The van der Waals surface area contributed by atoms with Gasteiger partial charge in [0.25, 0.3) is 0 Å². The number of nitrogens with zero attached hydrogens (tertiary/aromatic N) is 5. The van der Waals surface area contributed by atoms with Gasteiger partial charge in [0.05, 0.1) is 6.54 Å². The number of hydrogen-bond donors (Lipinski definition) is 1. The minimum Gasteiger partial charge on any atom is -0.363 e. The number of alkyl halides is 3. The van der Waals surface area contributed by atoms with Crippen molar-refractivity contribution in [2.45, 2.75) is 12.7 Å². The number of aromatic nitrogens is 5. The molecule has 0 atom stereocenters. The number of nitrogens with one attached hydrogen (secondary N) is 1. The van der Waals surface area contributed by atoms with Crippen LogP contribution in [0.15, 0.2) is 60.8 Å². The highest BCUT2D eigenvalue weighted by Gasteiger charge is 2.34. The lowest BCUT2D eigenvalue weighted by Gasteiger charge is -2.11. The summed E-state index contributed by atoms with van der Waals surface area (Å²) in [4.78, 5) is 11.8. The van der Waals surface area contributed by atoms with Crippen LogP contribution in [-0.4, -0.2) is 25.1 Å². The molecular weight excluding hydrogens is 401 g/mol. The lowest BCUT2D eigenvalue weighted by Crippen LogP contribution is -2.12. The molecule has 3 heterocycles. The summed E-state index contributed by atoms with van der Waals surface area (Å²) < 4.78 is 39.8. The van der Waals surface area contributed by atoms with Crippen molar-refractivity contribution in [3.05, 3.63) is 71.5 Å². The summed E-state index contributed by atoms with van der Waals surface area (Å²) in [5, 5.41) is 12.4. The molecule has 0 bridgehead atoms. The molecule has 6 nitrogen and oxygen atoms in total. The molecule has 0 aliphatic carbocycles. The lowest BCUT2D eigenvalue weighted by molar-refractivity contribution is -0.141. The fourth-order valence-corrected chi connectivity index (χ4v) is 3.27. The van der Waals surface area contributed by atoms with Crippen molar-refractivity contribution in [1.82, 2.24) is 25.1 Å². The molecule has 4 aromatic rings. The summed E-state index contributed by atoms with van der Waals surface area (Å²) in [7, 11) is 0. The minimum atomic E-state index is -4.61. The molecule has 0 aliphatic rings. The molecule has 4 rings (SSSR count). The Hall–Kier alpha value is -3.40. The van der Waals surface area contributed by atoms with Crippen molar-refractivity contribution in [2.75, 3.05) is 5.32 Å². The number of benzene rings is 1. The molecule has 1 aromatic carbocycles. The first-order valence-electron chi connectivity index (χ1n) is 8.48. The van der Waals surface area contributed by atoms with E-state index in [9.17, 15) is 13.2 Å². The number of hydrogen-bond acceptors (Lipinski definition) is 7. The zero-order chi connectivity index (χ0) is 20.3. The van der Waals surface area contributed by atoms with Crippen molar-refractivity contribution < 1.29 is 13.2 Å². The highest BCUT2D eigenvalue weighted by Crippen LogP contribution is 2.31. The first-order valence-corrected chi connectivity index (χ1v) is 9.30. The molecule has 0 saturated heterocycles. The van der Waals surface area contributed by atoms with Crippen LogP contribution >= 0.6 is 11.3 Å². The Morgan fingerprint density at radius 3 is 2.45 bits per heavy atom. The third-order valence-electron chi connectivity index (χ3n) is 3.82. The van der Waals surface area contributed by atoms with E-state index in [0.717, 1.165) is 16.6 Å². The summed E-state index contributed by atoms with van der Waals surface area (Å²) >= 11 is 1.35. The Morgan fingerprint density at radius 1 is 0.931 bits per heavy atom. The normalized spacial score (nSPS) is 11.4. The first-order chi connectivity index (χ1) is 14.0. The largest absolute Gasteiger partial charge is 0.433 e. The van der Waals surface area contributed by atoms with Crippen LogP contribution in [0, 0.1) is 0 Å². The van der Waals surface area contributed by atoms with Gasteiger partial charge in [0.15, 0.2) is 11.5 Å². The van der Waals surface area contributed by atoms with E-state index in [1.165, 1.54) is 17.5 Å². The number of halogens is 3. The molecule has 1 N–H and O–H groups in total. The highest BCUT2D eigenvalue weighted by atomic mass is 32.1. The van der Waals surface area contributed by atoms with E-state index >= 15 is 0 Å². The van der Waals surface area contributed by atoms with Crippen LogP contribution in [0.1, 0.15) is 10.7 Å². The van der Waals surface area contributed by atoms with E-state index < -0.39 is 11.9 Å². The molecule has 0 spiro atoms. The van der Waals surface area contributed by atoms with E-state index in [4.69, 9.17) is 0 Å². The average Bonchev–Trinajstić information content (AvgIpc) is 3.22. The second-order valence-corrected chi connectivity index (χ2v) is 6.96. The number of rotatable bonds is 5. The zero-order valence-electron chi connectivity index (χ0n) is 14.8. The van der Waals surface area contributed by atoms with Gasteiger partial charge in [0.1, 0.15) is 21.5 Å². The van der Waals surface area contributed by atoms with Crippen molar-refractivity contribution in [2.24, 2.45) is 0 Å². The van der Waals surface area contributed by atoms with Crippen molar-refractivity contribution >= 4 is 17.2 Å². The van der Waals surface area contributed by atoms with Gasteiger partial charge in [-0.1, -0.05) is 47.7 Å². The number of anilines is 1. The summed E-state index contributed by atoms with van der Waals surface area (Å²) in [6.45, 7) is 0.181. The SMILES string of the molecule is FC(F)(F)c1cc(NCc2nnc(-c3ccccc3)s2)nc(-c2ccccn2)n1. The average molecular weight is 414 g/mol. The van der Waals surface area contributed by atoms with Crippen LogP contribution in [0.3, 0.4) is 0 Å². The predicted molar refractivity (Wildman–Crippen MR) is 103 cm³/mol. The summed E-state index contributed by atoms with van der Waals surface area (Å²) in [6.07, 6.45) is -3.13. The van der Waals surface area contributed by atoms with Gasteiger partial charge in [-0.15, -0.1) is 10.2 Å². The topological polar surface area (TPSA) is 76.5 Å². The van der Waals surface area contributed by atoms with E-state index in [1.54, 1.807) is 18.2 Å². The van der Waals surface area contributed by atoms with Crippen molar-refractivity contribution in [1.29, 1.82) is 0 Å². The maximum absolute atomic E-state index is 13.3. The Morgan fingerprint density at radius 2 is 1.72 bits per heavy atom. The van der Waals surface area contributed by atoms with E-state index in [-0.39, 0.29) is 23.9 Å². The maximum Gasteiger partial charge on any atom is 0.433 e. The van der Waals surface area contributed by atoms with Gasteiger partial charge < -0.3 is 5.32 Å². The Bertz CT molecular complexity index is 1100. The fourth-order valence-electron chi connectivity index (χ4n) is 2.48. The summed E-state index contributed by atoms with van der Waals surface area (Å²) in [5.41, 5.74) is 0.136. The fraction of sp³-hybridized carbons (Fsp3) is 0.105. The molecule has 146 valence electrons. The Kier molecular flexibility index (Phi) is 5.17. The van der Waals surface area contributed by atoms with Gasteiger partial charge in [-0.25, -0.2) is 9.97 Å². The quantitative estimate of drug-likeness (QED) is 0.511. The van der Waals surface area contributed by atoms with Gasteiger partial charge in [0.2, 0.25) is 0 Å². The van der Waals surface area contributed by atoms with Crippen LogP contribution in [0.5, 0.6) is 0 Å². The standard InChI is InChI=1S/C19H13F3N6S/c20-19(21,22)14-10-15(26-17(25-14)13-8-4-5-9-23-13)24-11-16-27-28-18(29-16)12-6-2-1-3-7-12/h1-10H,11H2,(H,24,25,26). The van der Waals surface area contributed by atoms with Gasteiger partial charge in [-0.05, 0) is 12.1 Å². The molecular formula is C19H13F3N6S. The Labute approximate surface area is 167 Å². The number of pyridine rings is 1. The molecule has 10 heteroatoms. The van der Waals surface area contributed by atoms with E-state index in [0.29, 0.717) is 5.01 Å². The van der Waals surface area contributed by atoms with Crippen LogP contribution in [-0.2, 0) is 12.7 Å². The summed E-state index contributed by atoms with van der Waals surface area (Å²) in [6, 6.07) is 15.3. The summed E-state index contributed by atoms with van der Waals surface area (Å²) in [5.74, 6) is -0.0744. The van der Waals surface area contributed by atoms with Crippen molar-refractivity contribution in [3.8, 4) is 22.1 Å². The second kappa shape index (κ2) is 7.92. The monoisotopic (exact) mass is 414 g/mol. The molecule has 0 aliphatic heterocycles. The van der Waals surface area contributed by atoms with Gasteiger partial charge >= 0.3 is 6.18 Å². The predicted octanol–water partition coefficient (Wildman–Crippen LogP) is 4.69. The van der Waals surface area contributed by atoms with Crippen LogP contribution in [0.25, 0.3) is 22.1 Å². The third-order valence-corrected chi connectivity index (χ3v) is 4.79. The smallest absolute Gasteiger partial charge is 0.363 e. The van der Waals surface area contributed by atoms with Crippen molar-refractivity contribution in [3.63, 3.8) is 0 Å². The first kappa shape index (κ1) is 18.9. The van der Waals surface area contributed by atoms with Gasteiger partial charge in [-0.2, -0.15) is 13.2 Å². The van der Waals surface area contributed by atoms with E-state index in [1.807, 2.05) is 30.3 Å². The lowest BCUT2D eigenvalue weighted by atomic mass is 10.2. The molecule has 29 heavy (non-hydrogen) atoms. The van der Waals surface area contributed by atoms with E-state index in [2.05, 4.69) is 30.5 Å². The van der Waals surface area contributed by atoms with Gasteiger partial charge in [-0.3, -0.25) is 4.98 Å². The molecule has 0 radical (unpaired) electrons. The van der Waals surface area contributed by atoms with Crippen LogP contribution in [0.2, 0.25) is 0 Å². The second-order valence-electron chi connectivity index (χ2n) is 5.90. The molecule has 0 fully saturated rings. The molecule has 0 amide bonds. The maximum atomic E-state index is 13.3. The van der Waals surface area contributed by atoms with Gasteiger partial charge in [0, 0.05) is 17.8 Å². The van der Waals surface area contributed by atoms with Crippen LogP contribution in [0.4, 0.5) is 19.0 Å². The third kappa shape index (κ3) is 4.54. The van der Waals surface area contributed by atoms with Crippen LogP contribution < -0.4 is 5.32 Å². The molecule has 0 saturated carbocycles. The zero-order valence-corrected chi connectivity index (χ0v) is 15.6. The highest BCUT2D eigenvalue weighted by molar-refractivity contribution is 7.14. The minimum absolute atomic E-state index is 0.0319.